The molecule has 21 heavy (non-hydrogen) atoms. The van der Waals surface area contributed by atoms with Crippen LogP contribution in [-0.2, 0) is 14.8 Å². The van der Waals surface area contributed by atoms with Crippen molar-refractivity contribution in [3.05, 3.63) is 29.3 Å². The van der Waals surface area contributed by atoms with Gasteiger partial charge in [0.05, 0.1) is 10.8 Å². The molecular weight excluding hydrogens is 312 g/mol. The highest BCUT2D eigenvalue weighted by molar-refractivity contribution is 7.89. The summed E-state index contributed by atoms with van der Waals surface area (Å²) in [5, 5.41) is 0.471. The van der Waals surface area contributed by atoms with Crippen LogP contribution < -0.4 is 10.5 Å². The van der Waals surface area contributed by atoms with Gasteiger partial charge in [-0.1, -0.05) is 30.9 Å². The fourth-order valence-corrected chi connectivity index (χ4v) is 4.11. The van der Waals surface area contributed by atoms with Gasteiger partial charge in [-0.3, -0.25) is 4.79 Å². The fraction of sp³-hybridized carbons (Fsp3) is 0.500. The third-order valence-electron chi connectivity index (χ3n) is 3.81. The minimum atomic E-state index is -3.68. The number of benzene rings is 1. The topological polar surface area (TPSA) is 89.3 Å². The Morgan fingerprint density at radius 2 is 1.76 bits per heavy atom. The van der Waals surface area contributed by atoms with Gasteiger partial charge in [-0.15, -0.1) is 0 Å². The number of primary amides is 1. The summed E-state index contributed by atoms with van der Waals surface area (Å²) in [6, 6.07) is 5.50. The summed E-state index contributed by atoms with van der Waals surface area (Å²) in [5.74, 6) is -0.893. The number of sulfonamides is 1. The third kappa shape index (κ3) is 4.18. The predicted molar refractivity (Wildman–Crippen MR) is 81.3 cm³/mol. The highest BCUT2D eigenvalue weighted by Crippen LogP contribution is 2.25. The lowest BCUT2D eigenvalue weighted by Gasteiger charge is -2.23. The normalized spacial score (nSPS) is 23.5. The lowest BCUT2D eigenvalue weighted by Crippen LogP contribution is -2.44. The van der Waals surface area contributed by atoms with Gasteiger partial charge in [0, 0.05) is 11.1 Å². The highest BCUT2D eigenvalue weighted by Gasteiger charge is 2.31. The minimum absolute atomic E-state index is 0.138. The second kappa shape index (κ2) is 6.77. The van der Waals surface area contributed by atoms with E-state index < -0.39 is 27.9 Å². The first kappa shape index (κ1) is 16.3. The van der Waals surface area contributed by atoms with E-state index in [1.807, 2.05) is 0 Å². The van der Waals surface area contributed by atoms with Crippen LogP contribution in [0.4, 0.5) is 0 Å². The molecule has 3 N–H and O–H groups in total. The number of hydrogen-bond donors (Lipinski definition) is 2. The number of rotatable bonds is 4. The van der Waals surface area contributed by atoms with Crippen molar-refractivity contribution in [1.82, 2.24) is 4.72 Å². The maximum absolute atomic E-state index is 12.4. The van der Waals surface area contributed by atoms with Gasteiger partial charge in [0.1, 0.15) is 0 Å². The second-order valence-electron chi connectivity index (χ2n) is 5.33. The van der Waals surface area contributed by atoms with Crippen LogP contribution in [0.5, 0.6) is 0 Å². The summed E-state index contributed by atoms with van der Waals surface area (Å²) >= 11 is 5.76. The summed E-state index contributed by atoms with van der Waals surface area (Å²) in [6.07, 6.45) is 4.02. The molecular formula is C14H19ClN2O3S. The maximum Gasteiger partial charge on any atom is 0.240 e. The molecule has 1 saturated carbocycles. The van der Waals surface area contributed by atoms with Crippen LogP contribution in [0.2, 0.25) is 5.02 Å². The molecule has 0 radical (unpaired) electrons. The van der Waals surface area contributed by atoms with Crippen LogP contribution in [-0.4, -0.2) is 20.4 Å². The molecule has 0 bridgehead atoms. The summed E-state index contributed by atoms with van der Waals surface area (Å²) in [4.78, 5) is 11.7. The summed E-state index contributed by atoms with van der Waals surface area (Å²) in [5.41, 5.74) is 5.41. The number of halogens is 1. The van der Waals surface area contributed by atoms with E-state index in [9.17, 15) is 13.2 Å². The third-order valence-corrected chi connectivity index (χ3v) is 5.57. The molecule has 1 fully saturated rings. The Morgan fingerprint density at radius 3 is 2.38 bits per heavy atom. The molecule has 1 aliphatic rings. The van der Waals surface area contributed by atoms with Crippen molar-refractivity contribution >= 4 is 27.5 Å². The predicted octanol–water partition coefficient (Wildman–Crippen LogP) is 2.05. The van der Waals surface area contributed by atoms with Crippen molar-refractivity contribution in [3.63, 3.8) is 0 Å². The molecule has 7 heteroatoms. The second-order valence-corrected chi connectivity index (χ2v) is 7.48. The molecule has 1 aliphatic carbocycles. The zero-order valence-electron chi connectivity index (χ0n) is 11.6. The number of nitrogens with one attached hydrogen (secondary N) is 1. The van der Waals surface area contributed by atoms with E-state index in [0.29, 0.717) is 17.9 Å². The molecule has 2 atom stereocenters. The van der Waals surface area contributed by atoms with Crippen LogP contribution in [0, 0.1) is 5.92 Å². The van der Waals surface area contributed by atoms with Crippen molar-refractivity contribution < 1.29 is 13.2 Å². The number of amides is 1. The van der Waals surface area contributed by atoms with Crippen LogP contribution in [0.25, 0.3) is 0 Å². The van der Waals surface area contributed by atoms with Crippen molar-refractivity contribution in [1.29, 1.82) is 0 Å². The van der Waals surface area contributed by atoms with E-state index in [4.69, 9.17) is 17.3 Å². The van der Waals surface area contributed by atoms with E-state index in [-0.39, 0.29) is 4.90 Å². The number of nitrogens with two attached hydrogens (primary N) is 1. The Labute approximate surface area is 129 Å². The molecule has 116 valence electrons. The van der Waals surface area contributed by atoms with E-state index in [1.165, 1.54) is 24.3 Å². The molecule has 0 heterocycles. The largest absolute Gasteiger partial charge is 0.369 e. The Kier molecular flexibility index (Phi) is 5.24. The lowest BCUT2D eigenvalue weighted by molar-refractivity contribution is -0.122. The van der Waals surface area contributed by atoms with Crippen molar-refractivity contribution in [2.45, 2.75) is 43.0 Å². The molecule has 5 nitrogen and oxygen atoms in total. The molecule has 1 amide bonds. The van der Waals surface area contributed by atoms with Crippen molar-refractivity contribution in [2.75, 3.05) is 0 Å². The average Bonchev–Trinajstić information content (AvgIpc) is 2.64. The maximum atomic E-state index is 12.4. The highest BCUT2D eigenvalue weighted by atomic mass is 35.5. The lowest BCUT2D eigenvalue weighted by atomic mass is 9.95. The van der Waals surface area contributed by atoms with Crippen LogP contribution in [0.15, 0.2) is 29.2 Å². The number of carbonyl (C=O) groups is 1. The first-order valence-corrected chi connectivity index (χ1v) is 8.83. The van der Waals surface area contributed by atoms with Crippen molar-refractivity contribution in [2.24, 2.45) is 11.7 Å². The first-order valence-electron chi connectivity index (χ1n) is 6.97. The molecule has 2 rings (SSSR count). The van der Waals surface area contributed by atoms with Gasteiger partial charge in [-0.2, -0.15) is 0 Å². The average molecular weight is 331 g/mol. The molecule has 0 aliphatic heterocycles. The van der Waals surface area contributed by atoms with Gasteiger partial charge in [0.15, 0.2) is 0 Å². The van der Waals surface area contributed by atoms with Gasteiger partial charge < -0.3 is 5.73 Å². The Balaban J connectivity index is 2.20. The Bertz CT molecular complexity index is 601. The smallest absolute Gasteiger partial charge is 0.240 e. The monoisotopic (exact) mass is 330 g/mol. The Hall–Kier alpha value is -1.11. The van der Waals surface area contributed by atoms with Gasteiger partial charge in [-0.05, 0) is 37.1 Å². The summed E-state index contributed by atoms with van der Waals surface area (Å²) in [7, 11) is -3.68. The quantitative estimate of drug-likeness (QED) is 0.828. The van der Waals surface area contributed by atoms with Crippen molar-refractivity contribution in [3.8, 4) is 0 Å². The molecule has 2 unspecified atom stereocenters. The van der Waals surface area contributed by atoms with E-state index in [1.54, 1.807) is 0 Å². The van der Waals surface area contributed by atoms with Gasteiger partial charge in [0.25, 0.3) is 0 Å². The zero-order valence-corrected chi connectivity index (χ0v) is 13.2. The first-order chi connectivity index (χ1) is 9.90. The molecule has 0 aromatic heterocycles. The summed E-state index contributed by atoms with van der Waals surface area (Å²) in [6.45, 7) is 0. The number of hydrogen-bond acceptors (Lipinski definition) is 3. The van der Waals surface area contributed by atoms with Crippen LogP contribution >= 0.6 is 11.6 Å². The molecule has 1 aromatic carbocycles. The standard InChI is InChI=1S/C14H19ClN2O3S/c15-10-6-8-11(9-7-10)21(19,20)17-13-5-3-1-2-4-12(13)14(16)18/h6-9,12-13,17H,1-5H2,(H2,16,18). The van der Waals surface area contributed by atoms with Crippen LogP contribution in [0.3, 0.4) is 0 Å². The van der Waals surface area contributed by atoms with Gasteiger partial charge in [0.2, 0.25) is 15.9 Å². The number of carbonyl (C=O) groups excluding carboxylic acids is 1. The summed E-state index contributed by atoms with van der Waals surface area (Å²) < 4.78 is 27.4. The molecule has 0 spiro atoms. The van der Waals surface area contributed by atoms with E-state index >= 15 is 0 Å². The van der Waals surface area contributed by atoms with Crippen LogP contribution in [0.1, 0.15) is 32.1 Å². The molecule has 0 saturated heterocycles. The Morgan fingerprint density at radius 1 is 1.14 bits per heavy atom. The van der Waals surface area contributed by atoms with E-state index in [0.717, 1.165) is 19.3 Å². The minimum Gasteiger partial charge on any atom is -0.369 e. The van der Waals surface area contributed by atoms with E-state index in [2.05, 4.69) is 4.72 Å². The van der Waals surface area contributed by atoms with Gasteiger partial charge >= 0.3 is 0 Å². The molecule has 1 aromatic rings. The fourth-order valence-electron chi connectivity index (χ4n) is 2.67. The zero-order chi connectivity index (χ0) is 15.5. The van der Waals surface area contributed by atoms with Gasteiger partial charge in [-0.25, -0.2) is 13.1 Å². The SMILES string of the molecule is NC(=O)C1CCCCCC1NS(=O)(=O)c1ccc(Cl)cc1.